The number of thiophene rings is 1. The van der Waals surface area contributed by atoms with Gasteiger partial charge in [0, 0.05) is 15.5 Å². The van der Waals surface area contributed by atoms with E-state index in [1.54, 1.807) is 0 Å². The minimum Gasteiger partial charge on any atom is -0.465 e. The Kier molecular flexibility index (Phi) is 6.86. The van der Waals surface area contributed by atoms with E-state index in [2.05, 4.69) is 29.6 Å². The number of rotatable bonds is 6. The number of nitrogens with two attached hydrogens (primary N) is 1. The molecule has 1 heterocycles. The maximum absolute atomic E-state index is 12.9. The SMILES string of the molecule is COC(=O)c1c(NC(=O)[C@H](C)Sc2ccc(N)cc2)sc2c1CC[C@@H](c1ccccc1)C2. The standard InChI is InChI=1S/C25H26N2O3S2/c1-15(31-19-11-9-18(26)10-12-19)23(28)27-24-22(25(29)30-2)20-13-8-17(14-21(20)32-24)16-6-4-3-5-7-16/h3-7,9-12,15,17H,8,13-14,26H2,1-2H3,(H,27,28)/t15-,17+/m0/s1. The Balaban J connectivity index is 1.54. The van der Waals surface area contributed by atoms with Gasteiger partial charge < -0.3 is 15.8 Å². The number of carbonyl (C=O) groups excluding carboxylic acids is 2. The molecule has 166 valence electrons. The number of ether oxygens (including phenoxy) is 1. The van der Waals surface area contributed by atoms with Gasteiger partial charge >= 0.3 is 5.97 Å². The van der Waals surface area contributed by atoms with Crippen LogP contribution in [0.2, 0.25) is 0 Å². The second kappa shape index (κ2) is 9.79. The molecule has 0 saturated heterocycles. The van der Waals surface area contributed by atoms with Crippen molar-refractivity contribution in [1.82, 2.24) is 0 Å². The molecule has 2 atom stereocenters. The normalized spacial score (nSPS) is 16.1. The first-order chi connectivity index (χ1) is 15.5. The smallest absolute Gasteiger partial charge is 0.341 e. The van der Waals surface area contributed by atoms with Crippen molar-refractivity contribution < 1.29 is 14.3 Å². The molecule has 0 aliphatic heterocycles. The van der Waals surface area contributed by atoms with Gasteiger partial charge in [0.15, 0.2) is 0 Å². The second-order valence-corrected chi connectivity index (χ2v) is 10.4. The topological polar surface area (TPSA) is 81.4 Å². The number of amides is 1. The molecule has 0 bridgehead atoms. The van der Waals surface area contributed by atoms with E-state index in [-0.39, 0.29) is 11.2 Å². The first-order valence-corrected chi connectivity index (χ1v) is 12.3. The Labute approximate surface area is 196 Å². The van der Waals surface area contributed by atoms with Gasteiger partial charge in [-0.2, -0.15) is 0 Å². The molecule has 3 N–H and O–H groups in total. The van der Waals surface area contributed by atoms with Crippen LogP contribution >= 0.6 is 23.1 Å². The molecule has 2 aromatic carbocycles. The molecule has 0 unspecified atom stereocenters. The Morgan fingerprint density at radius 3 is 2.56 bits per heavy atom. The van der Waals surface area contributed by atoms with Crippen LogP contribution in [-0.2, 0) is 22.4 Å². The Bertz CT molecular complexity index is 1110. The van der Waals surface area contributed by atoms with Crippen molar-refractivity contribution in [2.75, 3.05) is 18.2 Å². The van der Waals surface area contributed by atoms with Crippen molar-refractivity contribution in [1.29, 1.82) is 0 Å². The van der Waals surface area contributed by atoms with Crippen molar-refractivity contribution in [3.8, 4) is 0 Å². The highest BCUT2D eigenvalue weighted by Gasteiger charge is 2.31. The fraction of sp³-hybridized carbons (Fsp3) is 0.280. The highest BCUT2D eigenvalue weighted by molar-refractivity contribution is 8.00. The number of fused-ring (bicyclic) bond motifs is 1. The lowest BCUT2D eigenvalue weighted by Crippen LogP contribution is -2.23. The molecule has 1 amide bonds. The molecule has 0 saturated carbocycles. The summed E-state index contributed by atoms with van der Waals surface area (Å²) in [5.74, 6) is -0.124. The van der Waals surface area contributed by atoms with Gasteiger partial charge in [-0.05, 0) is 67.5 Å². The molecule has 1 aromatic heterocycles. The van der Waals surface area contributed by atoms with Crippen LogP contribution in [-0.4, -0.2) is 24.2 Å². The van der Waals surface area contributed by atoms with E-state index in [1.165, 1.54) is 35.8 Å². The van der Waals surface area contributed by atoms with Gasteiger partial charge in [-0.25, -0.2) is 4.79 Å². The molecular weight excluding hydrogens is 440 g/mol. The third kappa shape index (κ3) is 4.84. The van der Waals surface area contributed by atoms with Gasteiger partial charge in [0.05, 0.1) is 17.9 Å². The first kappa shape index (κ1) is 22.4. The number of benzene rings is 2. The molecule has 32 heavy (non-hydrogen) atoms. The summed E-state index contributed by atoms with van der Waals surface area (Å²) in [6.07, 6.45) is 2.62. The van der Waals surface area contributed by atoms with Crippen molar-refractivity contribution in [2.45, 2.75) is 42.2 Å². The zero-order chi connectivity index (χ0) is 22.7. The number of carbonyl (C=O) groups is 2. The van der Waals surface area contributed by atoms with Crippen molar-refractivity contribution >= 4 is 45.7 Å². The van der Waals surface area contributed by atoms with E-state index in [0.717, 1.165) is 34.6 Å². The summed E-state index contributed by atoms with van der Waals surface area (Å²) in [5.41, 5.74) is 9.27. The number of hydrogen-bond donors (Lipinski definition) is 2. The number of thioether (sulfide) groups is 1. The highest BCUT2D eigenvalue weighted by atomic mass is 32.2. The largest absolute Gasteiger partial charge is 0.465 e. The molecule has 1 aliphatic rings. The predicted octanol–water partition coefficient (Wildman–Crippen LogP) is 5.51. The number of methoxy groups -OCH3 is 1. The van der Waals surface area contributed by atoms with Crippen LogP contribution in [0.1, 0.15) is 45.6 Å². The van der Waals surface area contributed by atoms with Crippen LogP contribution < -0.4 is 11.1 Å². The summed E-state index contributed by atoms with van der Waals surface area (Å²) in [4.78, 5) is 27.7. The maximum atomic E-state index is 12.9. The van der Waals surface area contributed by atoms with Crippen LogP contribution in [0.5, 0.6) is 0 Å². The van der Waals surface area contributed by atoms with E-state index in [0.29, 0.717) is 22.2 Å². The van der Waals surface area contributed by atoms with Gasteiger partial charge in [0.1, 0.15) is 5.00 Å². The minimum absolute atomic E-state index is 0.143. The van der Waals surface area contributed by atoms with E-state index in [9.17, 15) is 9.59 Å². The Hall–Kier alpha value is -2.77. The van der Waals surface area contributed by atoms with Gasteiger partial charge in [0.25, 0.3) is 0 Å². The van der Waals surface area contributed by atoms with Crippen LogP contribution in [0.15, 0.2) is 59.5 Å². The van der Waals surface area contributed by atoms with Gasteiger partial charge in [-0.1, -0.05) is 30.3 Å². The lowest BCUT2D eigenvalue weighted by molar-refractivity contribution is -0.115. The summed E-state index contributed by atoms with van der Waals surface area (Å²) < 4.78 is 5.06. The monoisotopic (exact) mass is 466 g/mol. The van der Waals surface area contributed by atoms with Gasteiger partial charge in [-0.15, -0.1) is 23.1 Å². The number of nitrogens with one attached hydrogen (secondary N) is 1. The number of hydrogen-bond acceptors (Lipinski definition) is 6. The van der Waals surface area contributed by atoms with Crippen LogP contribution in [0.4, 0.5) is 10.7 Å². The van der Waals surface area contributed by atoms with E-state index in [1.807, 2.05) is 37.3 Å². The van der Waals surface area contributed by atoms with E-state index >= 15 is 0 Å². The molecule has 5 nitrogen and oxygen atoms in total. The zero-order valence-electron chi connectivity index (χ0n) is 18.1. The molecule has 3 aromatic rings. The Morgan fingerprint density at radius 2 is 1.88 bits per heavy atom. The summed E-state index contributed by atoms with van der Waals surface area (Å²) in [7, 11) is 1.38. The third-order valence-corrected chi connectivity index (χ3v) is 8.01. The molecule has 0 fully saturated rings. The highest BCUT2D eigenvalue weighted by Crippen LogP contribution is 2.43. The van der Waals surface area contributed by atoms with E-state index in [4.69, 9.17) is 10.5 Å². The van der Waals surface area contributed by atoms with Crippen LogP contribution in [0.25, 0.3) is 0 Å². The zero-order valence-corrected chi connectivity index (χ0v) is 19.7. The quantitative estimate of drug-likeness (QED) is 0.284. The fourth-order valence-corrected chi connectivity index (χ4v) is 6.21. The van der Waals surface area contributed by atoms with Crippen LogP contribution in [0, 0.1) is 0 Å². The average Bonchev–Trinajstić information content (AvgIpc) is 3.17. The average molecular weight is 467 g/mol. The number of nitrogen functional groups attached to an aromatic ring is 1. The molecule has 4 rings (SSSR count). The molecule has 0 radical (unpaired) electrons. The Morgan fingerprint density at radius 1 is 1.16 bits per heavy atom. The number of anilines is 2. The second-order valence-electron chi connectivity index (χ2n) is 7.87. The molecule has 1 aliphatic carbocycles. The van der Waals surface area contributed by atoms with Gasteiger partial charge in [0.2, 0.25) is 5.91 Å². The summed E-state index contributed by atoms with van der Waals surface area (Å²) in [6.45, 7) is 1.85. The van der Waals surface area contributed by atoms with Gasteiger partial charge in [-0.3, -0.25) is 4.79 Å². The first-order valence-electron chi connectivity index (χ1n) is 10.6. The summed E-state index contributed by atoms with van der Waals surface area (Å²) in [5, 5.41) is 3.26. The lowest BCUT2D eigenvalue weighted by atomic mass is 9.83. The van der Waals surface area contributed by atoms with Crippen molar-refractivity contribution in [2.24, 2.45) is 0 Å². The van der Waals surface area contributed by atoms with Crippen molar-refractivity contribution in [3.63, 3.8) is 0 Å². The number of esters is 1. The minimum atomic E-state index is -0.394. The summed E-state index contributed by atoms with van der Waals surface area (Å²) in [6, 6.07) is 17.9. The lowest BCUT2D eigenvalue weighted by Gasteiger charge is -2.22. The van der Waals surface area contributed by atoms with Crippen molar-refractivity contribution in [3.05, 3.63) is 76.2 Å². The maximum Gasteiger partial charge on any atom is 0.341 e. The fourth-order valence-electron chi connectivity index (χ4n) is 4.02. The molecule has 0 spiro atoms. The summed E-state index contributed by atoms with van der Waals surface area (Å²) >= 11 is 2.95. The molecular formula is C25H26N2O3S2. The van der Waals surface area contributed by atoms with E-state index < -0.39 is 5.97 Å². The van der Waals surface area contributed by atoms with Crippen LogP contribution in [0.3, 0.4) is 0 Å². The third-order valence-electron chi connectivity index (χ3n) is 5.72. The molecule has 7 heteroatoms. The predicted molar refractivity (Wildman–Crippen MR) is 132 cm³/mol.